The number of anilines is 1. The Hall–Kier alpha value is -3.08. The van der Waals surface area contributed by atoms with Crippen molar-refractivity contribution in [2.45, 2.75) is 6.92 Å². The molecule has 0 bridgehead atoms. The minimum absolute atomic E-state index is 0.0619. The molecule has 1 amide bonds. The number of rotatable bonds is 2. The predicted molar refractivity (Wildman–Crippen MR) is 92.9 cm³/mol. The first kappa shape index (κ1) is 14.5. The van der Waals surface area contributed by atoms with Gasteiger partial charge in [-0.1, -0.05) is 30.3 Å². The summed E-state index contributed by atoms with van der Waals surface area (Å²) >= 11 is 0. The third-order valence-corrected chi connectivity index (χ3v) is 4.17. The van der Waals surface area contributed by atoms with Gasteiger partial charge in [-0.25, -0.2) is 0 Å². The SMILES string of the molecule is Cc1nn(C)c(-c2ccc3c(c2)NC(=O)CO3)c1-c1ccccc1. The number of benzene rings is 2. The number of hydrogen-bond donors (Lipinski definition) is 1. The van der Waals surface area contributed by atoms with Gasteiger partial charge in [0.1, 0.15) is 5.75 Å². The molecule has 24 heavy (non-hydrogen) atoms. The largest absolute Gasteiger partial charge is 0.482 e. The number of aryl methyl sites for hydroxylation is 2. The van der Waals surface area contributed by atoms with E-state index in [1.54, 1.807) is 0 Å². The van der Waals surface area contributed by atoms with Crippen LogP contribution in [0.15, 0.2) is 48.5 Å². The van der Waals surface area contributed by atoms with Crippen LogP contribution >= 0.6 is 0 Å². The molecule has 2 aromatic carbocycles. The minimum Gasteiger partial charge on any atom is -0.482 e. The summed E-state index contributed by atoms with van der Waals surface area (Å²) in [6, 6.07) is 16.0. The Labute approximate surface area is 139 Å². The zero-order valence-electron chi connectivity index (χ0n) is 13.5. The van der Waals surface area contributed by atoms with Crippen molar-refractivity contribution in [3.63, 3.8) is 0 Å². The third kappa shape index (κ3) is 2.34. The average molecular weight is 319 g/mol. The zero-order chi connectivity index (χ0) is 16.7. The normalized spacial score (nSPS) is 13.2. The molecule has 1 aliphatic heterocycles. The first-order chi connectivity index (χ1) is 11.6. The van der Waals surface area contributed by atoms with Crippen molar-refractivity contribution in [3.05, 3.63) is 54.2 Å². The zero-order valence-corrected chi connectivity index (χ0v) is 13.5. The van der Waals surface area contributed by atoms with Crippen molar-refractivity contribution >= 4 is 11.6 Å². The maximum atomic E-state index is 11.6. The summed E-state index contributed by atoms with van der Waals surface area (Å²) in [5, 5.41) is 7.45. The first-order valence-electron chi connectivity index (χ1n) is 7.79. The van der Waals surface area contributed by atoms with E-state index in [1.807, 2.05) is 55.1 Å². The van der Waals surface area contributed by atoms with Crippen LogP contribution in [-0.4, -0.2) is 22.3 Å². The summed E-state index contributed by atoms with van der Waals surface area (Å²) in [6.45, 7) is 2.07. The molecular formula is C19H17N3O2. The number of nitrogens with zero attached hydrogens (tertiary/aromatic N) is 2. The van der Waals surface area contributed by atoms with Crippen LogP contribution in [-0.2, 0) is 11.8 Å². The van der Waals surface area contributed by atoms with Crippen LogP contribution in [0, 0.1) is 6.92 Å². The monoisotopic (exact) mass is 319 g/mol. The van der Waals surface area contributed by atoms with Crippen molar-refractivity contribution in [3.8, 4) is 28.1 Å². The third-order valence-electron chi connectivity index (χ3n) is 4.17. The van der Waals surface area contributed by atoms with E-state index in [4.69, 9.17) is 4.74 Å². The first-order valence-corrected chi connectivity index (χ1v) is 7.79. The lowest BCUT2D eigenvalue weighted by atomic mass is 9.98. The number of hydrogen-bond acceptors (Lipinski definition) is 3. The van der Waals surface area contributed by atoms with E-state index in [9.17, 15) is 4.79 Å². The second-order valence-electron chi connectivity index (χ2n) is 5.85. The van der Waals surface area contributed by atoms with Gasteiger partial charge in [-0.15, -0.1) is 0 Å². The fourth-order valence-electron chi connectivity index (χ4n) is 3.17. The summed E-state index contributed by atoms with van der Waals surface area (Å²) in [6.07, 6.45) is 0. The molecule has 0 saturated carbocycles. The molecule has 3 aromatic rings. The fraction of sp³-hybridized carbons (Fsp3) is 0.158. The smallest absolute Gasteiger partial charge is 0.262 e. The van der Waals surface area contributed by atoms with Crippen molar-refractivity contribution in [2.24, 2.45) is 7.05 Å². The highest BCUT2D eigenvalue weighted by Gasteiger charge is 2.20. The molecule has 0 aliphatic carbocycles. The van der Waals surface area contributed by atoms with Gasteiger partial charge in [0.05, 0.1) is 17.1 Å². The summed E-state index contributed by atoms with van der Waals surface area (Å²) in [7, 11) is 1.93. The van der Waals surface area contributed by atoms with Crippen LogP contribution in [0.25, 0.3) is 22.4 Å². The molecule has 1 aromatic heterocycles. The van der Waals surface area contributed by atoms with Crippen molar-refractivity contribution in [1.82, 2.24) is 9.78 Å². The molecule has 5 heteroatoms. The Morgan fingerprint density at radius 1 is 1.12 bits per heavy atom. The van der Waals surface area contributed by atoms with Gasteiger partial charge in [-0.2, -0.15) is 5.10 Å². The Kier molecular flexibility index (Phi) is 3.34. The molecule has 1 aliphatic rings. The van der Waals surface area contributed by atoms with Gasteiger partial charge in [-0.05, 0) is 30.7 Å². The van der Waals surface area contributed by atoms with E-state index >= 15 is 0 Å². The molecule has 0 unspecified atom stereocenters. The van der Waals surface area contributed by atoms with E-state index in [0.29, 0.717) is 11.4 Å². The van der Waals surface area contributed by atoms with Crippen LogP contribution in [0.5, 0.6) is 5.75 Å². The number of nitrogens with one attached hydrogen (secondary N) is 1. The van der Waals surface area contributed by atoms with Crippen LogP contribution in [0.4, 0.5) is 5.69 Å². The molecule has 1 N–H and O–H groups in total. The number of aromatic nitrogens is 2. The highest BCUT2D eigenvalue weighted by Crippen LogP contribution is 2.38. The van der Waals surface area contributed by atoms with Gasteiger partial charge in [0.25, 0.3) is 5.91 Å². The number of fused-ring (bicyclic) bond motifs is 1. The molecule has 2 heterocycles. The maximum Gasteiger partial charge on any atom is 0.262 e. The standard InChI is InChI=1S/C19H17N3O2/c1-12-18(13-6-4-3-5-7-13)19(22(2)21-12)14-8-9-16-15(10-14)20-17(23)11-24-16/h3-10H,11H2,1-2H3,(H,20,23). The molecule has 120 valence electrons. The number of carbonyl (C=O) groups excluding carboxylic acids is 1. The average Bonchev–Trinajstić information content (AvgIpc) is 2.89. The predicted octanol–water partition coefficient (Wildman–Crippen LogP) is 3.39. The van der Waals surface area contributed by atoms with Gasteiger partial charge in [0.15, 0.2) is 6.61 Å². The van der Waals surface area contributed by atoms with Crippen molar-refractivity contribution < 1.29 is 9.53 Å². The molecule has 5 nitrogen and oxygen atoms in total. The van der Waals surface area contributed by atoms with Gasteiger partial charge >= 0.3 is 0 Å². The summed E-state index contributed by atoms with van der Waals surface area (Å²) in [5.74, 6) is 0.558. The van der Waals surface area contributed by atoms with E-state index in [2.05, 4.69) is 22.5 Å². The molecule has 0 fully saturated rings. The molecule has 0 spiro atoms. The number of amides is 1. The minimum atomic E-state index is -0.135. The Morgan fingerprint density at radius 3 is 2.71 bits per heavy atom. The van der Waals surface area contributed by atoms with Gasteiger partial charge < -0.3 is 10.1 Å². The molecule has 0 radical (unpaired) electrons. The topological polar surface area (TPSA) is 56.2 Å². The van der Waals surface area contributed by atoms with Gasteiger partial charge in [0.2, 0.25) is 0 Å². The van der Waals surface area contributed by atoms with Crippen molar-refractivity contribution in [1.29, 1.82) is 0 Å². The lowest BCUT2D eigenvalue weighted by molar-refractivity contribution is -0.118. The van der Waals surface area contributed by atoms with E-state index in [-0.39, 0.29) is 12.5 Å². The van der Waals surface area contributed by atoms with Crippen molar-refractivity contribution in [2.75, 3.05) is 11.9 Å². The number of carbonyl (C=O) groups is 1. The lowest BCUT2D eigenvalue weighted by Crippen LogP contribution is -2.25. The Balaban J connectivity index is 1.89. The van der Waals surface area contributed by atoms with E-state index in [1.165, 1.54) is 0 Å². The summed E-state index contributed by atoms with van der Waals surface area (Å²) in [5.41, 5.74) is 5.89. The summed E-state index contributed by atoms with van der Waals surface area (Å²) in [4.78, 5) is 11.6. The van der Waals surface area contributed by atoms with Crippen LogP contribution < -0.4 is 10.1 Å². The summed E-state index contributed by atoms with van der Waals surface area (Å²) < 4.78 is 7.32. The van der Waals surface area contributed by atoms with Crippen LogP contribution in [0.3, 0.4) is 0 Å². The van der Waals surface area contributed by atoms with E-state index < -0.39 is 0 Å². The highest BCUT2D eigenvalue weighted by molar-refractivity contribution is 5.96. The highest BCUT2D eigenvalue weighted by atomic mass is 16.5. The van der Waals surface area contributed by atoms with Crippen LogP contribution in [0.1, 0.15) is 5.69 Å². The van der Waals surface area contributed by atoms with Gasteiger partial charge in [0, 0.05) is 18.2 Å². The van der Waals surface area contributed by atoms with Gasteiger partial charge in [-0.3, -0.25) is 9.48 Å². The second kappa shape index (κ2) is 5.53. The molecular weight excluding hydrogens is 302 g/mol. The molecule has 0 saturated heterocycles. The second-order valence-corrected chi connectivity index (χ2v) is 5.85. The molecule has 0 atom stereocenters. The quantitative estimate of drug-likeness (QED) is 0.787. The lowest BCUT2D eigenvalue weighted by Gasteiger charge is -2.19. The van der Waals surface area contributed by atoms with Crippen LogP contribution in [0.2, 0.25) is 0 Å². The van der Waals surface area contributed by atoms with E-state index in [0.717, 1.165) is 28.1 Å². The molecule has 4 rings (SSSR count). The fourth-order valence-corrected chi connectivity index (χ4v) is 3.17. The maximum absolute atomic E-state index is 11.6. The Morgan fingerprint density at radius 2 is 1.92 bits per heavy atom. The Bertz CT molecular complexity index is 929. The number of ether oxygens (including phenoxy) is 1.